The van der Waals surface area contributed by atoms with Crippen LogP contribution < -0.4 is 10.1 Å². The lowest BCUT2D eigenvalue weighted by molar-refractivity contribution is -0.126. The molecule has 1 amide bonds. The van der Waals surface area contributed by atoms with E-state index in [1.807, 2.05) is 29.2 Å². The van der Waals surface area contributed by atoms with Gasteiger partial charge in [0, 0.05) is 24.8 Å². The van der Waals surface area contributed by atoms with Gasteiger partial charge in [-0.05, 0) is 50.0 Å². The number of hydrogen-bond acceptors (Lipinski definition) is 3. The molecular weight excluding hydrogens is 252 g/mol. The molecule has 1 unspecified atom stereocenters. The third-order valence-corrected chi connectivity index (χ3v) is 3.40. The van der Waals surface area contributed by atoms with Crippen molar-refractivity contribution in [3.63, 3.8) is 0 Å². The van der Waals surface area contributed by atoms with Crippen molar-refractivity contribution in [2.24, 2.45) is 0 Å². The predicted molar refractivity (Wildman–Crippen MR) is 79.7 cm³/mol. The highest BCUT2D eigenvalue weighted by Crippen LogP contribution is 2.19. The zero-order valence-corrected chi connectivity index (χ0v) is 12.0. The van der Waals surface area contributed by atoms with Gasteiger partial charge in [0.1, 0.15) is 5.75 Å². The Morgan fingerprint density at radius 2 is 2.15 bits per heavy atom. The van der Waals surface area contributed by atoms with Gasteiger partial charge in [0.2, 0.25) is 0 Å². The fourth-order valence-electron chi connectivity index (χ4n) is 2.39. The van der Waals surface area contributed by atoms with E-state index in [4.69, 9.17) is 4.74 Å². The van der Waals surface area contributed by atoms with E-state index in [1.165, 1.54) is 0 Å². The van der Waals surface area contributed by atoms with Gasteiger partial charge in [-0.2, -0.15) is 0 Å². The molecule has 1 heterocycles. The Kier molecular flexibility index (Phi) is 4.89. The van der Waals surface area contributed by atoms with Crippen LogP contribution in [0.4, 0.5) is 5.69 Å². The number of carbonyl (C=O) groups is 1. The molecule has 1 atom stereocenters. The molecule has 1 fully saturated rings. The van der Waals surface area contributed by atoms with Crippen molar-refractivity contribution in [1.82, 2.24) is 4.90 Å². The Morgan fingerprint density at radius 3 is 2.80 bits per heavy atom. The van der Waals surface area contributed by atoms with Crippen LogP contribution in [0.2, 0.25) is 0 Å². The minimum atomic E-state index is -0.0752. The van der Waals surface area contributed by atoms with Gasteiger partial charge >= 0.3 is 0 Å². The average molecular weight is 272 g/mol. The van der Waals surface area contributed by atoms with E-state index < -0.39 is 0 Å². The Hall–Kier alpha value is -2.15. The number of methoxy groups -OCH3 is 1. The fourth-order valence-corrected chi connectivity index (χ4v) is 2.39. The molecule has 1 aliphatic heterocycles. The van der Waals surface area contributed by atoms with Crippen molar-refractivity contribution < 1.29 is 9.53 Å². The second kappa shape index (κ2) is 6.85. The first kappa shape index (κ1) is 14.3. The number of rotatable bonds is 3. The van der Waals surface area contributed by atoms with E-state index >= 15 is 0 Å². The van der Waals surface area contributed by atoms with Crippen molar-refractivity contribution >= 4 is 11.6 Å². The normalized spacial score (nSPS) is 17.9. The number of amides is 1. The van der Waals surface area contributed by atoms with Gasteiger partial charge in [-0.25, -0.2) is 0 Å². The van der Waals surface area contributed by atoms with Crippen molar-refractivity contribution in [1.29, 1.82) is 0 Å². The molecule has 1 aromatic carbocycles. The highest BCUT2D eigenvalue weighted by Gasteiger charge is 2.22. The molecular formula is C16H20N2O2. The summed E-state index contributed by atoms with van der Waals surface area (Å²) >= 11 is 0. The standard InChI is InChI=1S/C16H20N2O2/c1-3-5-16(19)18-11-4-6-14(12-18)17-13-7-9-15(20-2)10-8-13/h7-10,14,17H,4,6,11-12H2,1-2H3. The third kappa shape index (κ3) is 3.67. The highest BCUT2D eigenvalue weighted by atomic mass is 16.5. The summed E-state index contributed by atoms with van der Waals surface area (Å²) in [5.74, 6) is 6.04. The zero-order chi connectivity index (χ0) is 14.4. The third-order valence-electron chi connectivity index (χ3n) is 3.40. The summed E-state index contributed by atoms with van der Waals surface area (Å²) < 4.78 is 5.14. The Bertz CT molecular complexity index is 514. The summed E-state index contributed by atoms with van der Waals surface area (Å²) in [6.07, 6.45) is 2.07. The number of piperidine rings is 1. The summed E-state index contributed by atoms with van der Waals surface area (Å²) in [4.78, 5) is 13.6. The van der Waals surface area contributed by atoms with Gasteiger partial charge in [0.05, 0.1) is 7.11 Å². The Morgan fingerprint density at radius 1 is 1.40 bits per heavy atom. The number of hydrogen-bond donors (Lipinski definition) is 1. The van der Waals surface area contributed by atoms with Crippen LogP contribution in [0.5, 0.6) is 5.75 Å². The van der Waals surface area contributed by atoms with Crippen molar-refractivity contribution in [3.8, 4) is 17.6 Å². The van der Waals surface area contributed by atoms with Gasteiger partial charge in [0.25, 0.3) is 5.91 Å². The summed E-state index contributed by atoms with van der Waals surface area (Å²) in [7, 11) is 1.65. The van der Waals surface area contributed by atoms with Crippen molar-refractivity contribution in [2.75, 3.05) is 25.5 Å². The minimum absolute atomic E-state index is 0.0752. The molecule has 2 rings (SSSR count). The second-order valence-electron chi connectivity index (χ2n) is 4.84. The van der Waals surface area contributed by atoms with E-state index in [1.54, 1.807) is 14.0 Å². The summed E-state index contributed by atoms with van der Waals surface area (Å²) in [6, 6.07) is 8.12. The van der Waals surface area contributed by atoms with Crippen molar-refractivity contribution in [2.45, 2.75) is 25.8 Å². The van der Waals surface area contributed by atoms with Gasteiger partial charge in [-0.1, -0.05) is 5.92 Å². The number of anilines is 1. The average Bonchev–Trinajstić information content (AvgIpc) is 2.48. The molecule has 1 saturated heterocycles. The fraction of sp³-hybridized carbons (Fsp3) is 0.438. The molecule has 0 bridgehead atoms. The molecule has 0 radical (unpaired) electrons. The number of likely N-dealkylation sites (tertiary alicyclic amines) is 1. The number of ether oxygens (including phenoxy) is 1. The maximum absolute atomic E-state index is 11.8. The molecule has 106 valence electrons. The number of benzene rings is 1. The van der Waals surface area contributed by atoms with Crippen LogP contribution in [-0.4, -0.2) is 37.0 Å². The van der Waals surface area contributed by atoms with Crippen LogP contribution >= 0.6 is 0 Å². The Balaban J connectivity index is 1.94. The quantitative estimate of drug-likeness (QED) is 0.857. The molecule has 1 aliphatic rings. The largest absolute Gasteiger partial charge is 0.497 e. The molecule has 1 aromatic rings. The maximum atomic E-state index is 11.8. The minimum Gasteiger partial charge on any atom is -0.497 e. The number of carbonyl (C=O) groups excluding carboxylic acids is 1. The van der Waals surface area contributed by atoms with E-state index in [-0.39, 0.29) is 11.9 Å². The highest BCUT2D eigenvalue weighted by molar-refractivity contribution is 5.93. The van der Waals surface area contributed by atoms with Crippen LogP contribution in [0.1, 0.15) is 19.8 Å². The molecule has 0 aliphatic carbocycles. The first-order valence-electron chi connectivity index (χ1n) is 6.85. The van der Waals surface area contributed by atoms with Crippen LogP contribution in [0.3, 0.4) is 0 Å². The number of nitrogens with one attached hydrogen (secondary N) is 1. The lowest BCUT2D eigenvalue weighted by atomic mass is 10.1. The van der Waals surface area contributed by atoms with E-state index in [2.05, 4.69) is 17.2 Å². The maximum Gasteiger partial charge on any atom is 0.298 e. The van der Waals surface area contributed by atoms with Crippen LogP contribution in [-0.2, 0) is 4.79 Å². The molecule has 0 aromatic heterocycles. The van der Waals surface area contributed by atoms with Gasteiger partial charge in [-0.3, -0.25) is 4.79 Å². The first-order chi connectivity index (χ1) is 9.72. The SMILES string of the molecule is CC#CC(=O)N1CCCC(Nc2ccc(OC)cc2)C1. The lowest BCUT2D eigenvalue weighted by Gasteiger charge is -2.32. The second-order valence-corrected chi connectivity index (χ2v) is 4.84. The molecule has 4 nitrogen and oxygen atoms in total. The van der Waals surface area contributed by atoms with Gasteiger partial charge in [0.15, 0.2) is 0 Å². The van der Waals surface area contributed by atoms with Crippen LogP contribution in [0.25, 0.3) is 0 Å². The summed E-state index contributed by atoms with van der Waals surface area (Å²) in [5, 5.41) is 3.46. The van der Waals surface area contributed by atoms with Gasteiger partial charge in [-0.15, -0.1) is 0 Å². The zero-order valence-electron chi connectivity index (χ0n) is 12.0. The van der Waals surface area contributed by atoms with Crippen LogP contribution in [0, 0.1) is 11.8 Å². The van der Waals surface area contributed by atoms with E-state index in [0.717, 1.165) is 30.8 Å². The van der Waals surface area contributed by atoms with E-state index in [0.29, 0.717) is 6.54 Å². The molecule has 0 spiro atoms. The molecule has 0 saturated carbocycles. The van der Waals surface area contributed by atoms with E-state index in [9.17, 15) is 4.79 Å². The van der Waals surface area contributed by atoms with Crippen molar-refractivity contribution in [3.05, 3.63) is 24.3 Å². The topological polar surface area (TPSA) is 41.6 Å². The number of nitrogens with zero attached hydrogens (tertiary/aromatic N) is 1. The van der Waals surface area contributed by atoms with Gasteiger partial charge < -0.3 is 15.0 Å². The molecule has 1 N–H and O–H groups in total. The molecule has 20 heavy (non-hydrogen) atoms. The predicted octanol–water partition coefficient (Wildman–Crippen LogP) is 2.12. The Labute approximate surface area is 120 Å². The summed E-state index contributed by atoms with van der Waals surface area (Å²) in [5.41, 5.74) is 1.05. The monoisotopic (exact) mass is 272 g/mol. The summed E-state index contributed by atoms with van der Waals surface area (Å²) in [6.45, 7) is 3.20. The molecule has 4 heteroatoms. The van der Waals surface area contributed by atoms with Crippen LogP contribution in [0.15, 0.2) is 24.3 Å². The smallest absolute Gasteiger partial charge is 0.298 e. The lowest BCUT2D eigenvalue weighted by Crippen LogP contribution is -2.44. The first-order valence-corrected chi connectivity index (χ1v) is 6.85.